The zero-order valence-corrected chi connectivity index (χ0v) is 23.7. The van der Waals surface area contributed by atoms with Crippen LogP contribution in [0.4, 0.5) is 0 Å². The molecule has 7 heteroatoms. The van der Waals surface area contributed by atoms with Crippen molar-refractivity contribution in [2.75, 3.05) is 0 Å². The lowest BCUT2D eigenvalue weighted by Crippen LogP contribution is -2.65. The second kappa shape index (κ2) is 10.7. The number of aryl methyl sites for hydroxylation is 2. The van der Waals surface area contributed by atoms with Crippen molar-refractivity contribution >= 4 is 11.8 Å². The Morgan fingerprint density at radius 2 is 1.76 bits per heavy atom. The molecule has 7 nitrogen and oxygen atoms in total. The Bertz CT molecular complexity index is 1300. The third-order valence-corrected chi connectivity index (χ3v) is 7.19. The van der Waals surface area contributed by atoms with Crippen molar-refractivity contribution in [3.63, 3.8) is 0 Å². The first kappa shape index (κ1) is 27.6. The van der Waals surface area contributed by atoms with Gasteiger partial charge in [-0.2, -0.15) is 0 Å². The Labute approximate surface area is 226 Å². The molecule has 0 aliphatic carbocycles. The zero-order chi connectivity index (χ0) is 27.7. The molecule has 3 aromatic rings. The van der Waals surface area contributed by atoms with Crippen molar-refractivity contribution < 1.29 is 9.59 Å². The molecule has 4 N–H and O–H groups in total. The molecule has 1 fully saturated rings. The predicted octanol–water partition coefficient (Wildman–Crippen LogP) is 5.24. The van der Waals surface area contributed by atoms with Crippen LogP contribution in [0.5, 0.6) is 0 Å². The number of aromatic nitrogens is 2. The molecule has 4 rings (SSSR count). The number of aromatic amines is 1. The average Bonchev–Trinajstić information content (AvgIpc) is 3.19. The van der Waals surface area contributed by atoms with Crippen molar-refractivity contribution in [2.45, 2.75) is 79.6 Å². The summed E-state index contributed by atoms with van der Waals surface area (Å²) in [4.78, 5) is 34.0. The number of pyridine rings is 1. The number of piperidine rings is 1. The minimum Gasteiger partial charge on any atom is -0.362 e. The molecule has 0 saturated carbocycles. The molecule has 1 saturated heterocycles. The fourth-order valence-corrected chi connectivity index (χ4v) is 5.25. The summed E-state index contributed by atoms with van der Waals surface area (Å²) in [5, 5.41) is 9.71. The molecule has 2 amide bonds. The van der Waals surface area contributed by atoms with Crippen molar-refractivity contribution in [2.24, 2.45) is 11.3 Å². The quantitative estimate of drug-likeness (QED) is 0.361. The van der Waals surface area contributed by atoms with E-state index in [0.717, 1.165) is 45.9 Å². The fraction of sp³-hybridized carbons (Fsp3) is 0.452. The standard InChI is InChI=1S/C31H41N5O2/c1-19-16-25(21(3)33-19)27-10-8-9-26(34-27)23-13-11-22(12-14-23)18-32-28(37)24-15-20(2)35-31(7,17-24)36-29(38)30(4,5)6/h8-14,16,20,24,33,35H,15,17-18H2,1-7H3,(H,32,37)(H,36,38). The molecule has 0 bridgehead atoms. The topological polar surface area (TPSA) is 98.9 Å². The van der Waals surface area contributed by atoms with Gasteiger partial charge in [-0.25, -0.2) is 4.98 Å². The van der Waals surface area contributed by atoms with Crippen LogP contribution >= 0.6 is 0 Å². The number of carbonyl (C=O) groups excluding carboxylic acids is 2. The first-order chi connectivity index (χ1) is 17.8. The highest BCUT2D eigenvalue weighted by Gasteiger charge is 2.40. The van der Waals surface area contributed by atoms with Crippen LogP contribution < -0.4 is 16.0 Å². The van der Waals surface area contributed by atoms with Gasteiger partial charge in [0, 0.05) is 46.4 Å². The van der Waals surface area contributed by atoms with Gasteiger partial charge in [-0.3, -0.25) is 14.9 Å². The van der Waals surface area contributed by atoms with E-state index in [1.165, 1.54) is 0 Å². The van der Waals surface area contributed by atoms with Gasteiger partial charge in [0.05, 0.1) is 17.1 Å². The number of nitrogens with one attached hydrogen (secondary N) is 4. The van der Waals surface area contributed by atoms with E-state index in [1.54, 1.807) is 0 Å². The van der Waals surface area contributed by atoms with Gasteiger partial charge in [-0.05, 0) is 64.3 Å². The molecule has 3 heterocycles. The van der Waals surface area contributed by atoms with Crippen LogP contribution in [-0.4, -0.2) is 33.5 Å². The predicted molar refractivity (Wildman–Crippen MR) is 152 cm³/mol. The summed E-state index contributed by atoms with van der Waals surface area (Å²) in [6, 6.07) is 16.5. The summed E-state index contributed by atoms with van der Waals surface area (Å²) in [7, 11) is 0. The van der Waals surface area contributed by atoms with Crippen molar-refractivity contribution in [1.82, 2.24) is 25.9 Å². The van der Waals surface area contributed by atoms with Crippen molar-refractivity contribution in [3.8, 4) is 22.5 Å². The maximum Gasteiger partial charge on any atom is 0.226 e. The first-order valence-corrected chi connectivity index (χ1v) is 13.4. The third-order valence-electron chi connectivity index (χ3n) is 7.19. The second-order valence-corrected chi connectivity index (χ2v) is 12.0. The van der Waals surface area contributed by atoms with Crippen molar-refractivity contribution in [1.29, 1.82) is 0 Å². The molecular formula is C31H41N5O2. The number of H-pyrrole nitrogens is 1. The maximum atomic E-state index is 13.1. The molecule has 2 aromatic heterocycles. The lowest BCUT2D eigenvalue weighted by atomic mass is 9.83. The van der Waals surface area contributed by atoms with E-state index in [1.807, 2.05) is 65.0 Å². The van der Waals surface area contributed by atoms with E-state index in [2.05, 4.69) is 53.0 Å². The number of hydrogen-bond donors (Lipinski definition) is 4. The molecule has 0 radical (unpaired) electrons. The van der Waals surface area contributed by atoms with E-state index in [4.69, 9.17) is 4.98 Å². The van der Waals surface area contributed by atoms with Crippen LogP contribution in [-0.2, 0) is 16.1 Å². The Morgan fingerprint density at radius 1 is 1.08 bits per heavy atom. The minimum atomic E-state index is -0.620. The van der Waals surface area contributed by atoms with Crippen LogP contribution in [0.25, 0.3) is 22.5 Å². The highest BCUT2D eigenvalue weighted by Crippen LogP contribution is 2.28. The van der Waals surface area contributed by atoms with E-state index >= 15 is 0 Å². The van der Waals surface area contributed by atoms with Crippen molar-refractivity contribution in [3.05, 3.63) is 65.5 Å². The van der Waals surface area contributed by atoms with E-state index in [-0.39, 0.29) is 23.8 Å². The molecule has 1 aliphatic heterocycles. The number of benzene rings is 1. The maximum absolute atomic E-state index is 13.1. The summed E-state index contributed by atoms with van der Waals surface area (Å²) < 4.78 is 0. The molecule has 0 spiro atoms. The second-order valence-electron chi connectivity index (χ2n) is 12.0. The smallest absolute Gasteiger partial charge is 0.226 e. The van der Waals surface area contributed by atoms with Crippen LogP contribution in [0, 0.1) is 25.2 Å². The van der Waals surface area contributed by atoms with Gasteiger partial charge < -0.3 is 15.6 Å². The summed E-state index contributed by atoms with van der Waals surface area (Å²) in [6.07, 6.45) is 1.28. The van der Waals surface area contributed by atoms with Crippen LogP contribution in [0.2, 0.25) is 0 Å². The lowest BCUT2D eigenvalue weighted by molar-refractivity contribution is -0.134. The first-order valence-electron chi connectivity index (χ1n) is 13.4. The van der Waals surface area contributed by atoms with Crippen LogP contribution in [0.3, 0.4) is 0 Å². The minimum absolute atomic E-state index is 0.0187. The van der Waals surface area contributed by atoms with E-state index in [9.17, 15) is 9.59 Å². The third kappa shape index (κ3) is 6.51. The number of carbonyl (C=O) groups is 2. The fourth-order valence-electron chi connectivity index (χ4n) is 5.25. The normalized spacial score (nSPS) is 21.7. The summed E-state index contributed by atoms with van der Waals surface area (Å²) in [5.74, 6) is -0.187. The number of nitrogens with zero attached hydrogens (tertiary/aromatic N) is 1. The van der Waals surface area contributed by atoms with Crippen LogP contribution in [0.15, 0.2) is 48.5 Å². The highest BCUT2D eigenvalue weighted by atomic mass is 16.2. The van der Waals surface area contributed by atoms with Crippen LogP contribution in [0.1, 0.15) is 64.4 Å². The van der Waals surface area contributed by atoms with Gasteiger partial charge in [-0.1, -0.05) is 51.1 Å². The molecule has 3 unspecified atom stereocenters. The Kier molecular flexibility index (Phi) is 7.79. The van der Waals surface area contributed by atoms with E-state index in [0.29, 0.717) is 13.0 Å². The average molecular weight is 516 g/mol. The SMILES string of the molecule is Cc1cc(-c2cccc(-c3ccc(CNC(=O)C4CC(C)NC(C)(NC(=O)C(C)(C)C)C4)cc3)n2)c(C)[nH]1. The number of hydrogen-bond acceptors (Lipinski definition) is 4. The van der Waals surface area contributed by atoms with Gasteiger partial charge in [-0.15, -0.1) is 0 Å². The van der Waals surface area contributed by atoms with Gasteiger partial charge in [0.1, 0.15) is 0 Å². The molecule has 1 aliphatic rings. The van der Waals surface area contributed by atoms with Gasteiger partial charge in [0.25, 0.3) is 0 Å². The van der Waals surface area contributed by atoms with Gasteiger partial charge in [0.15, 0.2) is 0 Å². The number of amides is 2. The molecule has 202 valence electrons. The summed E-state index contributed by atoms with van der Waals surface area (Å²) in [5.41, 5.74) is 6.15. The molecular weight excluding hydrogens is 474 g/mol. The summed E-state index contributed by atoms with van der Waals surface area (Å²) >= 11 is 0. The Hall–Kier alpha value is -3.45. The number of rotatable bonds is 6. The highest BCUT2D eigenvalue weighted by molar-refractivity contribution is 5.82. The Morgan fingerprint density at radius 3 is 2.39 bits per heavy atom. The van der Waals surface area contributed by atoms with E-state index < -0.39 is 11.1 Å². The molecule has 3 atom stereocenters. The molecule has 1 aromatic carbocycles. The lowest BCUT2D eigenvalue weighted by Gasteiger charge is -2.43. The largest absolute Gasteiger partial charge is 0.362 e. The molecule has 38 heavy (non-hydrogen) atoms. The Balaban J connectivity index is 1.38. The van der Waals surface area contributed by atoms with Gasteiger partial charge in [0.2, 0.25) is 11.8 Å². The summed E-state index contributed by atoms with van der Waals surface area (Å²) in [6.45, 7) is 14.3. The zero-order valence-electron chi connectivity index (χ0n) is 23.7. The van der Waals surface area contributed by atoms with Gasteiger partial charge >= 0.3 is 0 Å². The monoisotopic (exact) mass is 515 g/mol.